The molecule has 1 aromatic carbocycles. The van der Waals surface area contributed by atoms with E-state index in [4.69, 9.17) is 11.5 Å². The zero-order valence-corrected chi connectivity index (χ0v) is 11.2. The Hall–Kier alpha value is -2.13. The molecule has 19 heavy (non-hydrogen) atoms. The summed E-state index contributed by atoms with van der Waals surface area (Å²) in [6.07, 6.45) is 1.21. The maximum absolute atomic E-state index is 12.1. The summed E-state index contributed by atoms with van der Waals surface area (Å²) >= 11 is 0.852. The van der Waals surface area contributed by atoms with Crippen LogP contribution in [-0.4, -0.2) is 19.3 Å². The number of benzene rings is 1. The average molecular weight is 298 g/mol. The Balaban J connectivity index is 2.31. The predicted octanol–water partition coefficient (Wildman–Crippen LogP) is 0.625. The monoisotopic (exact) mass is 298 g/mol. The van der Waals surface area contributed by atoms with Crippen molar-refractivity contribution >= 4 is 38.1 Å². The molecule has 0 aliphatic rings. The molecule has 100 valence electrons. The summed E-state index contributed by atoms with van der Waals surface area (Å²) in [6, 6.07) is 6.04. The minimum Gasteiger partial charge on any atom is -0.398 e. The van der Waals surface area contributed by atoms with E-state index in [2.05, 4.69) is 9.71 Å². The van der Waals surface area contributed by atoms with Gasteiger partial charge in [-0.05, 0) is 12.1 Å². The van der Waals surface area contributed by atoms with E-state index >= 15 is 0 Å². The standard InChI is InChI=1S/C10H10N4O3S2/c11-6-3-1-2-4-8(6)19(16,17)14-10-13-5-7(18-10)9(12)15/h1-5H,11H2,(H2,12,15)(H,13,14). The number of anilines is 2. The van der Waals surface area contributed by atoms with Gasteiger partial charge in [-0.3, -0.25) is 9.52 Å². The van der Waals surface area contributed by atoms with Crippen molar-refractivity contribution < 1.29 is 13.2 Å². The fraction of sp³-hybridized carbons (Fsp3) is 0. The van der Waals surface area contributed by atoms with Gasteiger partial charge in [0.2, 0.25) is 0 Å². The third-order valence-electron chi connectivity index (χ3n) is 2.18. The fourth-order valence-electron chi connectivity index (χ4n) is 1.33. The van der Waals surface area contributed by atoms with E-state index in [0.717, 1.165) is 11.3 Å². The number of aromatic nitrogens is 1. The van der Waals surface area contributed by atoms with Crippen LogP contribution in [-0.2, 0) is 10.0 Å². The van der Waals surface area contributed by atoms with Gasteiger partial charge in [-0.2, -0.15) is 0 Å². The first-order valence-electron chi connectivity index (χ1n) is 5.03. The smallest absolute Gasteiger partial charge is 0.265 e. The molecule has 1 aromatic heterocycles. The number of sulfonamides is 1. The molecule has 0 spiro atoms. The van der Waals surface area contributed by atoms with Gasteiger partial charge in [-0.15, -0.1) is 0 Å². The molecule has 0 unspecified atom stereocenters. The lowest BCUT2D eigenvalue weighted by atomic mass is 10.3. The maximum Gasteiger partial charge on any atom is 0.265 e. The van der Waals surface area contributed by atoms with Gasteiger partial charge in [0.15, 0.2) is 5.13 Å². The SMILES string of the molecule is NC(=O)c1cnc(NS(=O)(=O)c2ccccc2N)s1. The number of carbonyl (C=O) groups excluding carboxylic acids is 1. The summed E-state index contributed by atoms with van der Waals surface area (Å²) < 4.78 is 26.4. The Morgan fingerprint density at radius 3 is 2.58 bits per heavy atom. The molecule has 1 amide bonds. The molecular weight excluding hydrogens is 288 g/mol. The van der Waals surface area contributed by atoms with Crippen LogP contribution in [0.5, 0.6) is 0 Å². The maximum atomic E-state index is 12.1. The first-order chi connectivity index (χ1) is 8.90. The summed E-state index contributed by atoms with van der Waals surface area (Å²) in [5.74, 6) is -0.665. The number of nitrogens with two attached hydrogens (primary N) is 2. The highest BCUT2D eigenvalue weighted by atomic mass is 32.2. The molecule has 0 aliphatic heterocycles. The zero-order valence-electron chi connectivity index (χ0n) is 9.53. The molecule has 0 radical (unpaired) electrons. The Morgan fingerprint density at radius 2 is 2.00 bits per heavy atom. The van der Waals surface area contributed by atoms with Crippen molar-refractivity contribution in [3.63, 3.8) is 0 Å². The van der Waals surface area contributed by atoms with Crippen LogP contribution in [0.2, 0.25) is 0 Å². The van der Waals surface area contributed by atoms with Crippen molar-refractivity contribution in [3.05, 3.63) is 35.3 Å². The Labute approximate surface area is 113 Å². The van der Waals surface area contributed by atoms with E-state index in [1.54, 1.807) is 12.1 Å². The fourth-order valence-corrected chi connectivity index (χ4v) is 3.37. The van der Waals surface area contributed by atoms with E-state index in [1.165, 1.54) is 18.3 Å². The van der Waals surface area contributed by atoms with Gasteiger partial charge in [0.25, 0.3) is 15.9 Å². The number of thiazole rings is 1. The van der Waals surface area contributed by atoms with Crippen LogP contribution < -0.4 is 16.2 Å². The molecule has 0 fully saturated rings. The first-order valence-corrected chi connectivity index (χ1v) is 7.33. The number of rotatable bonds is 4. The second kappa shape index (κ2) is 4.86. The number of amides is 1. The van der Waals surface area contributed by atoms with Gasteiger partial charge in [0.05, 0.1) is 11.9 Å². The quantitative estimate of drug-likeness (QED) is 0.713. The van der Waals surface area contributed by atoms with Gasteiger partial charge in [0.1, 0.15) is 9.77 Å². The molecule has 1 heterocycles. The largest absolute Gasteiger partial charge is 0.398 e. The molecule has 0 aliphatic carbocycles. The lowest BCUT2D eigenvalue weighted by Crippen LogP contribution is -2.14. The van der Waals surface area contributed by atoms with E-state index in [1.807, 2.05) is 0 Å². The molecule has 0 atom stereocenters. The summed E-state index contributed by atoms with van der Waals surface area (Å²) in [7, 11) is -3.84. The third-order valence-corrected chi connectivity index (χ3v) is 4.65. The highest BCUT2D eigenvalue weighted by Gasteiger charge is 2.19. The molecule has 9 heteroatoms. The molecule has 2 aromatic rings. The van der Waals surface area contributed by atoms with E-state index in [9.17, 15) is 13.2 Å². The molecule has 7 nitrogen and oxygen atoms in total. The van der Waals surface area contributed by atoms with Crippen LogP contribution in [0.15, 0.2) is 35.4 Å². The second-order valence-corrected chi connectivity index (χ2v) is 6.22. The minimum atomic E-state index is -3.84. The van der Waals surface area contributed by atoms with Gasteiger partial charge < -0.3 is 11.5 Å². The molecular formula is C10H10N4O3S2. The topological polar surface area (TPSA) is 128 Å². The van der Waals surface area contributed by atoms with Crippen LogP contribution in [0.3, 0.4) is 0 Å². The first kappa shape index (κ1) is 13.3. The number of nitrogen functional groups attached to an aromatic ring is 1. The highest BCUT2D eigenvalue weighted by Crippen LogP contribution is 2.24. The average Bonchev–Trinajstić information content (AvgIpc) is 2.77. The number of para-hydroxylation sites is 1. The van der Waals surface area contributed by atoms with Crippen molar-refractivity contribution in [2.24, 2.45) is 5.73 Å². The van der Waals surface area contributed by atoms with Crippen LogP contribution in [0.4, 0.5) is 10.8 Å². The van der Waals surface area contributed by atoms with E-state index in [-0.39, 0.29) is 20.6 Å². The lowest BCUT2D eigenvalue weighted by molar-refractivity contribution is 0.100. The van der Waals surface area contributed by atoms with E-state index in [0.29, 0.717) is 0 Å². The molecule has 0 bridgehead atoms. The van der Waals surface area contributed by atoms with Crippen molar-refractivity contribution in [2.45, 2.75) is 4.90 Å². The predicted molar refractivity (Wildman–Crippen MR) is 72.3 cm³/mol. The van der Waals surface area contributed by atoms with E-state index < -0.39 is 15.9 Å². The number of hydrogen-bond donors (Lipinski definition) is 3. The number of nitrogens with zero attached hydrogens (tertiary/aromatic N) is 1. The van der Waals surface area contributed by atoms with Crippen LogP contribution in [0, 0.1) is 0 Å². The number of hydrogen-bond acceptors (Lipinski definition) is 6. The molecule has 5 N–H and O–H groups in total. The van der Waals surface area contributed by atoms with Crippen molar-refractivity contribution in [3.8, 4) is 0 Å². The number of nitrogens with one attached hydrogen (secondary N) is 1. The minimum absolute atomic E-state index is 0.0502. The van der Waals surface area contributed by atoms with Gasteiger partial charge in [-0.25, -0.2) is 13.4 Å². The molecule has 0 saturated carbocycles. The summed E-state index contributed by atoms with van der Waals surface area (Å²) in [4.78, 5) is 14.8. The van der Waals surface area contributed by atoms with Crippen molar-refractivity contribution in [1.29, 1.82) is 0 Å². The Bertz CT molecular complexity index is 724. The van der Waals surface area contributed by atoms with Gasteiger partial charge >= 0.3 is 0 Å². The second-order valence-electron chi connectivity index (χ2n) is 3.54. The number of primary amides is 1. The van der Waals surface area contributed by atoms with Crippen LogP contribution >= 0.6 is 11.3 Å². The van der Waals surface area contributed by atoms with Crippen LogP contribution in [0.25, 0.3) is 0 Å². The van der Waals surface area contributed by atoms with Crippen LogP contribution in [0.1, 0.15) is 9.67 Å². The lowest BCUT2D eigenvalue weighted by Gasteiger charge is -2.07. The Morgan fingerprint density at radius 1 is 1.32 bits per heavy atom. The molecule has 0 saturated heterocycles. The normalized spacial score (nSPS) is 11.2. The Kier molecular flexibility index (Phi) is 3.40. The molecule has 2 rings (SSSR count). The zero-order chi connectivity index (χ0) is 14.0. The van der Waals surface area contributed by atoms with Gasteiger partial charge in [0, 0.05) is 0 Å². The summed E-state index contributed by atoms with van der Waals surface area (Å²) in [6.45, 7) is 0. The highest BCUT2D eigenvalue weighted by molar-refractivity contribution is 7.93. The summed E-state index contributed by atoms with van der Waals surface area (Å²) in [5, 5.41) is 0.0528. The number of carbonyl (C=O) groups is 1. The van der Waals surface area contributed by atoms with Crippen molar-refractivity contribution in [2.75, 3.05) is 10.5 Å². The summed E-state index contributed by atoms with van der Waals surface area (Å²) in [5.41, 5.74) is 10.8. The van der Waals surface area contributed by atoms with Crippen molar-refractivity contribution in [1.82, 2.24) is 4.98 Å². The third kappa shape index (κ3) is 2.83. The van der Waals surface area contributed by atoms with Gasteiger partial charge in [-0.1, -0.05) is 23.5 Å².